The van der Waals surface area contributed by atoms with Gasteiger partial charge in [-0.2, -0.15) is 10.1 Å². The van der Waals surface area contributed by atoms with E-state index >= 15 is 0 Å². The fourth-order valence-corrected chi connectivity index (χ4v) is 4.06. The van der Waals surface area contributed by atoms with Gasteiger partial charge in [0, 0.05) is 42.7 Å². The molecule has 1 saturated heterocycles. The molecule has 0 unspecified atom stereocenters. The molecule has 0 aliphatic carbocycles. The van der Waals surface area contributed by atoms with Crippen molar-refractivity contribution < 1.29 is 4.39 Å². The summed E-state index contributed by atoms with van der Waals surface area (Å²) in [6.07, 6.45) is 1.68. The van der Waals surface area contributed by atoms with Gasteiger partial charge in [-0.1, -0.05) is 12.1 Å². The fraction of sp³-hybridized carbons (Fsp3) is 0.286. The molecule has 1 N–H and O–H groups in total. The molecule has 3 aromatic rings. The lowest BCUT2D eigenvalue weighted by molar-refractivity contribution is 0.137. The minimum Gasteiger partial charge on any atom is -0.360 e. The summed E-state index contributed by atoms with van der Waals surface area (Å²) in [5, 5.41) is 8.42. The van der Waals surface area contributed by atoms with E-state index in [-0.39, 0.29) is 11.5 Å². The largest absolute Gasteiger partial charge is 0.360 e. The Morgan fingerprint density at radius 2 is 1.79 bits per heavy atom. The van der Waals surface area contributed by atoms with Crippen LogP contribution in [-0.4, -0.2) is 39.8 Å². The predicted octanol–water partition coefficient (Wildman–Crippen LogP) is 2.92. The van der Waals surface area contributed by atoms with Crippen LogP contribution in [0.15, 0.2) is 53.3 Å². The molecule has 7 heteroatoms. The summed E-state index contributed by atoms with van der Waals surface area (Å²) < 4.78 is 15.2. The Morgan fingerprint density at radius 1 is 1.07 bits per heavy atom. The SMILES string of the molecule is CN1CCC2(CC1)Nc1ccccc1-c1nc(=O)c(-c3ccc(F)cc3)nn12. The number of halogens is 1. The second-order valence-corrected chi connectivity index (χ2v) is 7.51. The zero-order chi connectivity index (χ0) is 19.3. The molecule has 0 amide bonds. The lowest BCUT2D eigenvalue weighted by atomic mass is 9.93. The number of para-hydroxylation sites is 1. The molecule has 28 heavy (non-hydrogen) atoms. The number of fused-ring (bicyclic) bond motifs is 4. The molecule has 2 aliphatic heterocycles. The molecule has 0 radical (unpaired) electrons. The summed E-state index contributed by atoms with van der Waals surface area (Å²) in [5.41, 5.74) is 1.79. The highest BCUT2D eigenvalue weighted by Gasteiger charge is 2.42. The van der Waals surface area contributed by atoms with Crippen molar-refractivity contribution in [2.75, 3.05) is 25.5 Å². The van der Waals surface area contributed by atoms with Crippen LogP contribution in [0.4, 0.5) is 10.1 Å². The topological polar surface area (TPSA) is 63.1 Å². The molecule has 2 aliphatic rings. The molecule has 2 aromatic carbocycles. The van der Waals surface area contributed by atoms with Crippen LogP contribution >= 0.6 is 0 Å². The van der Waals surface area contributed by atoms with E-state index in [4.69, 9.17) is 5.10 Å². The van der Waals surface area contributed by atoms with Crippen LogP contribution in [0.1, 0.15) is 12.8 Å². The summed E-state index contributed by atoms with van der Waals surface area (Å²) in [4.78, 5) is 19.5. The molecule has 1 aromatic heterocycles. The third-order valence-corrected chi connectivity index (χ3v) is 5.68. The second-order valence-electron chi connectivity index (χ2n) is 7.51. The van der Waals surface area contributed by atoms with Gasteiger partial charge in [0.15, 0.2) is 11.5 Å². The van der Waals surface area contributed by atoms with Crippen molar-refractivity contribution >= 4 is 5.69 Å². The summed E-state index contributed by atoms with van der Waals surface area (Å²) in [5.74, 6) is 0.229. The maximum Gasteiger partial charge on any atom is 0.300 e. The summed E-state index contributed by atoms with van der Waals surface area (Å²) >= 11 is 0. The van der Waals surface area contributed by atoms with Gasteiger partial charge in [-0.15, -0.1) is 0 Å². The van der Waals surface area contributed by atoms with E-state index in [1.54, 1.807) is 12.1 Å². The van der Waals surface area contributed by atoms with Crippen LogP contribution in [0.2, 0.25) is 0 Å². The van der Waals surface area contributed by atoms with Gasteiger partial charge in [0.1, 0.15) is 11.5 Å². The third-order valence-electron chi connectivity index (χ3n) is 5.68. The summed E-state index contributed by atoms with van der Waals surface area (Å²) in [6.45, 7) is 1.82. The van der Waals surface area contributed by atoms with Crippen LogP contribution in [-0.2, 0) is 5.66 Å². The van der Waals surface area contributed by atoms with Crippen LogP contribution < -0.4 is 10.9 Å². The van der Waals surface area contributed by atoms with E-state index in [0.29, 0.717) is 11.4 Å². The monoisotopic (exact) mass is 377 g/mol. The van der Waals surface area contributed by atoms with Crippen molar-refractivity contribution in [2.24, 2.45) is 0 Å². The van der Waals surface area contributed by atoms with E-state index < -0.39 is 11.2 Å². The van der Waals surface area contributed by atoms with Crippen LogP contribution in [0.3, 0.4) is 0 Å². The first kappa shape index (κ1) is 17.1. The van der Waals surface area contributed by atoms with Crippen LogP contribution in [0.25, 0.3) is 22.6 Å². The average molecular weight is 377 g/mol. The first-order valence-corrected chi connectivity index (χ1v) is 9.40. The normalized spacial score (nSPS) is 17.6. The Balaban J connectivity index is 1.74. The molecular weight excluding hydrogens is 357 g/mol. The summed E-state index contributed by atoms with van der Waals surface area (Å²) in [7, 11) is 2.10. The maximum atomic E-state index is 13.3. The zero-order valence-corrected chi connectivity index (χ0v) is 15.5. The van der Waals surface area contributed by atoms with Crippen molar-refractivity contribution in [3.63, 3.8) is 0 Å². The van der Waals surface area contributed by atoms with Gasteiger partial charge < -0.3 is 10.2 Å². The van der Waals surface area contributed by atoms with E-state index in [1.807, 2.05) is 28.9 Å². The van der Waals surface area contributed by atoms with E-state index in [2.05, 4.69) is 22.2 Å². The number of nitrogens with one attached hydrogen (secondary N) is 1. The van der Waals surface area contributed by atoms with Crippen molar-refractivity contribution in [1.82, 2.24) is 19.7 Å². The van der Waals surface area contributed by atoms with Crippen LogP contribution in [0.5, 0.6) is 0 Å². The molecule has 1 spiro atoms. The standard InChI is InChI=1S/C21H20FN5O/c1-26-12-10-21(11-13-26)24-17-5-3-2-4-16(17)19-23-20(28)18(25-27(19)21)14-6-8-15(22)9-7-14/h2-9,24H,10-13H2,1H3. The number of rotatable bonds is 1. The highest BCUT2D eigenvalue weighted by Crippen LogP contribution is 2.41. The molecular formula is C21H20FN5O. The van der Waals surface area contributed by atoms with Gasteiger partial charge in [0.2, 0.25) is 0 Å². The van der Waals surface area contributed by atoms with Gasteiger partial charge in [-0.05, 0) is 43.4 Å². The minimum atomic E-state index is -0.439. The minimum absolute atomic E-state index is 0.239. The molecule has 1 fully saturated rings. The smallest absolute Gasteiger partial charge is 0.300 e. The third kappa shape index (κ3) is 2.62. The van der Waals surface area contributed by atoms with Crippen LogP contribution in [0, 0.1) is 5.82 Å². The van der Waals surface area contributed by atoms with Gasteiger partial charge >= 0.3 is 0 Å². The van der Waals surface area contributed by atoms with Crippen molar-refractivity contribution in [3.8, 4) is 22.6 Å². The van der Waals surface area contributed by atoms with E-state index in [0.717, 1.165) is 37.2 Å². The highest BCUT2D eigenvalue weighted by molar-refractivity contribution is 5.76. The number of piperidine rings is 1. The molecule has 142 valence electrons. The number of nitrogens with zero attached hydrogens (tertiary/aromatic N) is 4. The first-order chi connectivity index (χ1) is 13.6. The van der Waals surface area contributed by atoms with Gasteiger partial charge in [-0.25, -0.2) is 9.07 Å². The van der Waals surface area contributed by atoms with Crippen molar-refractivity contribution in [2.45, 2.75) is 18.5 Å². The number of benzene rings is 2. The first-order valence-electron chi connectivity index (χ1n) is 9.40. The average Bonchev–Trinajstić information content (AvgIpc) is 2.71. The van der Waals surface area contributed by atoms with Gasteiger partial charge in [-0.3, -0.25) is 4.79 Å². The number of hydrogen-bond acceptors (Lipinski definition) is 5. The maximum absolute atomic E-state index is 13.3. The zero-order valence-electron chi connectivity index (χ0n) is 15.5. The van der Waals surface area contributed by atoms with Crippen molar-refractivity contribution in [3.05, 3.63) is 64.7 Å². The van der Waals surface area contributed by atoms with Crippen molar-refractivity contribution in [1.29, 1.82) is 0 Å². The molecule has 5 rings (SSSR count). The summed E-state index contributed by atoms with van der Waals surface area (Å²) in [6, 6.07) is 13.7. The quantitative estimate of drug-likeness (QED) is 0.707. The molecule has 3 heterocycles. The van der Waals surface area contributed by atoms with Gasteiger partial charge in [0.25, 0.3) is 5.56 Å². The molecule has 0 atom stereocenters. The predicted molar refractivity (Wildman–Crippen MR) is 105 cm³/mol. The lowest BCUT2D eigenvalue weighted by Gasteiger charge is -2.46. The molecule has 0 bridgehead atoms. The number of hydrogen-bond donors (Lipinski definition) is 1. The Kier molecular flexibility index (Phi) is 3.80. The number of anilines is 1. The fourth-order valence-electron chi connectivity index (χ4n) is 4.06. The van der Waals surface area contributed by atoms with Gasteiger partial charge in [0.05, 0.1) is 0 Å². The number of aromatic nitrogens is 3. The number of likely N-dealkylation sites (tertiary alicyclic amines) is 1. The highest BCUT2D eigenvalue weighted by atomic mass is 19.1. The molecule has 6 nitrogen and oxygen atoms in total. The second kappa shape index (κ2) is 6.24. The lowest BCUT2D eigenvalue weighted by Crippen LogP contribution is -2.53. The van der Waals surface area contributed by atoms with E-state index in [9.17, 15) is 9.18 Å². The molecule has 0 saturated carbocycles. The Bertz CT molecular complexity index is 1100. The Labute approximate surface area is 161 Å². The van der Waals surface area contributed by atoms with E-state index in [1.165, 1.54) is 12.1 Å². The Morgan fingerprint density at radius 3 is 2.54 bits per heavy atom. The Hall–Kier alpha value is -3.06.